The monoisotopic (exact) mass is 329 g/mol. The van der Waals surface area contributed by atoms with Crippen LogP contribution < -0.4 is 0 Å². The molecule has 0 aliphatic carbocycles. The van der Waals surface area contributed by atoms with E-state index in [1.54, 1.807) is 0 Å². The third kappa shape index (κ3) is 3.32. The standard InChI is InChI=1S/C20H21F2NO/c1-20(2,3)14-9-7-13(8-10-14)17-11-12-24-19(23-17)18-15(21)5-4-6-16(18)22/h4-10,17H,11-12H2,1-3H3. The predicted molar refractivity (Wildman–Crippen MR) is 91.3 cm³/mol. The Morgan fingerprint density at radius 1 is 1.00 bits per heavy atom. The van der Waals surface area contributed by atoms with Crippen LogP contribution in [0.3, 0.4) is 0 Å². The zero-order chi connectivity index (χ0) is 17.3. The second kappa shape index (κ2) is 6.34. The largest absolute Gasteiger partial charge is 0.477 e. The van der Waals surface area contributed by atoms with Gasteiger partial charge in [0.15, 0.2) is 0 Å². The average Bonchev–Trinajstić information content (AvgIpc) is 2.54. The van der Waals surface area contributed by atoms with E-state index < -0.39 is 11.6 Å². The lowest BCUT2D eigenvalue weighted by Gasteiger charge is -2.24. The highest BCUT2D eigenvalue weighted by atomic mass is 19.1. The van der Waals surface area contributed by atoms with E-state index in [-0.39, 0.29) is 22.9 Å². The first-order valence-corrected chi connectivity index (χ1v) is 8.11. The number of benzene rings is 2. The zero-order valence-corrected chi connectivity index (χ0v) is 14.1. The van der Waals surface area contributed by atoms with E-state index in [1.165, 1.54) is 23.8 Å². The van der Waals surface area contributed by atoms with Gasteiger partial charge in [-0.15, -0.1) is 0 Å². The molecule has 1 unspecified atom stereocenters. The van der Waals surface area contributed by atoms with Gasteiger partial charge >= 0.3 is 0 Å². The maximum absolute atomic E-state index is 13.9. The van der Waals surface area contributed by atoms with Gasteiger partial charge in [0.1, 0.15) is 17.2 Å². The third-order valence-corrected chi connectivity index (χ3v) is 4.24. The molecule has 0 aromatic heterocycles. The van der Waals surface area contributed by atoms with Crippen LogP contribution in [0.4, 0.5) is 8.78 Å². The molecule has 0 radical (unpaired) electrons. The number of nitrogens with zero attached hydrogens (tertiary/aromatic N) is 1. The minimum absolute atomic E-state index is 0.0433. The Morgan fingerprint density at radius 2 is 1.62 bits per heavy atom. The summed E-state index contributed by atoms with van der Waals surface area (Å²) < 4.78 is 33.3. The normalized spacial score (nSPS) is 18.0. The maximum Gasteiger partial charge on any atom is 0.222 e. The van der Waals surface area contributed by atoms with Gasteiger partial charge in [-0.1, -0.05) is 51.1 Å². The van der Waals surface area contributed by atoms with Crippen LogP contribution in [0.15, 0.2) is 47.5 Å². The first-order chi connectivity index (χ1) is 11.4. The van der Waals surface area contributed by atoms with Gasteiger partial charge in [-0.05, 0) is 28.7 Å². The summed E-state index contributed by atoms with van der Waals surface area (Å²) in [6, 6.07) is 11.9. The van der Waals surface area contributed by atoms with E-state index in [0.717, 1.165) is 5.56 Å². The summed E-state index contributed by atoms with van der Waals surface area (Å²) in [6.45, 7) is 6.87. The van der Waals surface area contributed by atoms with Gasteiger partial charge in [0.2, 0.25) is 5.90 Å². The van der Waals surface area contributed by atoms with Gasteiger partial charge in [0.25, 0.3) is 0 Å². The number of aliphatic imine (C=N–C) groups is 1. The van der Waals surface area contributed by atoms with Crippen LogP contribution in [0.2, 0.25) is 0 Å². The van der Waals surface area contributed by atoms with E-state index in [0.29, 0.717) is 13.0 Å². The fourth-order valence-corrected chi connectivity index (χ4v) is 2.80. The van der Waals surface area contributed by atoms with Crippen molar-refractivity contribution < 1.29 is 13.5 Å². The van der Waals surface area contributed by atoms with Crippen molar-refractivity contribution in [3.8, 4) is 0 Å². The van der Waals surface area contributed by atoms with Crippen molar-refractivity contribution in [1.29, 1.82) is 0 Å². The molecule has 0 saturated heterocycles. The fraction of sp³-hybridized carbons (Fsp3) is 0.350. The number of ether oxygens (including phenoxy) is 1. The lowest BCUT2D eigenvalue weighted by atomic mass is 9.86. The Morgan fingerprint density at radius 3 is 2.21 bits per heavy atom. The van der Waals surface area contributed by atoms with Crippen LogP contribution in [0.1, 0.15) is 49.9 Å². The Kier molecular flexibility index (Phi) is 4.39. The summed E-state index contributed by atoms with van der Waals surface area (Å²) >= 11 is 0. The highest BCUT2D eigenvalue weighted by molar-refractivity contribution is 5.95. The molecule has 0 fully saturated rings. The number of hydrogen-bond donors (Lipinski definition) is 0. The van der Waals surface area contributed by atoms with Crippen LogP contribution in [0.5, 0.6) is 0 Å². The summed E-state index contributed by atoms with van der Waals surface area (Å²) in [5, 5.41) is 0. The molecule has 2 aromatic rings. The molecule has 0 saturated carbocycles. The van der Waals surface area contributed by atoms with Gasteiger partial charge in [0, 0.05) is 6.42 Å². The first kappa shape index (κ1) is 16.6. The molecule has 0 bridgehead atoms. The molecule has 4 heteroatoms. The van der Waals surface area contributed by atoms with Gasteiger partial charge < -0.3 is 4.74 Å². The molecule has 3 rings (SSSR count). The van der Waals surface area contributed by atoms with Crippen LogP contribution in [-0.4, -0.2) is 12.5 Å². The van der Waals surface area contributed by atoms with Crippen LogP contribution >= 0.6 is 0 Å². The highest BCUT2D eigenvalue weighted by Crippen LogP contribution is 2.30. The topological polar surface area (TPSA) is 21.6 Å². The lowest BCUT2D eigenvalue weighted by molar-refractivity contribution is 0.260. The van der Waals surface area contributed by atoms with Crippen molar-refractivity contribution in [2.75, 3.05) is 6.61 Å². The maximum atomic E-state index is 13.9. The van der Waals surface area contributed by atoms with Gasteiger partial charge in [-0.2, -0.15) is 0 Å². The summed E-state index contributed by atoms with van der Waals surface area (Å²) in [4.78, 5) is 4.45. The lowest BCUT2D eigenvalue weighted by Crippen LogP contribution is -2.20. The Bertz CT molecular complexity index is 740. The molecule has 24 heavy (non-hydrogen) atoms. The summed E-state index contributed by atoms with van der Waals surface area (Å²) in [6.07, 6.45) is 0.689. The minimum atomic E-state index is -0.655. The Labute approximate surface area is 141 Å². The molecule has 2 nitrogen and oxygen atoms in total. The molecule has 126 valence electrons. The summed E-state index contributed by atoms with van der Waals surface area (Å²) in [5.74, 6) is -1.27. The Hall–Kier alpha value is -2.23. The number of hydrogen-bond acceptors (Lipinski definition) is 2. The molecule has 0 N–H and O–H groups in total. The molecule has 1 heterocycles. The first-order valence-electron chi connectivity index (χ1n) is 8.11. The molecule has 2 aromatic carbocycles. The van der Waals surface area contributed by atoms with E-state index in [2.05, 4.69) is 37.9 Å². The minimum Gasteiger partial charge on any atom is -0.477 e. The van der Waals surface area contributed by atoms with Crippen molar-refractivity contribution in [3.63, 3.8) is 0 Å². The quantitative estimate of drug-likeness (QED) is 0.745. The van der Waals surface area contributed by atoms with Crippen LogP contribution in [0, 0.1) is 11.6 Å². The van der Waals surface area contributed by atoms with E-state index in [9.17, 15) is 8.78 Å². The molecular formula is C20H21F2NO. The molecule has 1 aliphatic rings. The van der Waals surface area contributed by atoms with Crippen molar-refractivity contribution in [2.24, 2.45) is 4.99 Å². The summed E-state index contributed by atoms with van der Waals surface area (Å²) in [5.41, 5.74) is 2.16. The van der Waals surface area contributed by atoms with Gasteiger partial charge in [-0.3, -0.25) is 0 Å². The fourth-order valence-electron chi connectivity index (χ4n) is 2.80. The van der Waals surface area contributed by atoms with Crippen molar-refractivity contribution >= 4 is 5.90 Å². The Balaban J connectivity index is 1.92. The number of halogens is 2. The van der Waals surface area contributed by atoms with Crippen molar-refractivity contribution in [1.82, 2.24) is 0 Å². The molecule has 1 atom stereocenters. The highest BCUT2D eigenvalue weighted by Gasteiger charge is 2.24. The van der Waals surface area contributed by atoms with Gasteiger partial charge in [0.05, 0.1) is 12.6 Å². The number of rotatable bonds is 2. The van der Waals surface area contributed by atoms with E-state index >= 15 is 0 Å². The second-order valence-electron chi connectivity index (χ2n) is 7.06. The molecular weight excluding hydrogens is 308 g/mol. The van der Waals surface area contributed by atoms with E-state index in [4.69, 9.17) is 4.74 Å². The van der Waals surface area contributed by atoms with E-state index in [1.807, 2.05) is 12.1 Å². The SMILES string of the molecule is CC(C)(C)c1ccc(C2CCOC(c3c(F)cccc3F)=N2)cc1. The van der Waals surface area contributed by atoms with Gasteiger partial charge in [-0.25, -0.2) is 13.8 Å². The second-order valence-corrected chi connectivity index (χ2v) is 7.06. The molecule has 0 amide bonds. The average molecular weight is 329 g/mol. The third-order valence-electron chi connectivity index (χ3n) is 4.24. The van der Waals surface area contributed by atoms with Crippen molar-refractivity contribution in [2.45, 2.75) is 38.6 Å². The smallest absolute Gasteiger partial charge is 0.222 e. The van der Waals surface area contributed by atoms with Crippen LogP contribution in [-0.2, 0) is 10.2 Å². The van der Waals surface area contributed by atoms with Crippen LogP contribution in [0.25, 0.3) is 0 Å². The zero-order valence-electron chi connectivity index (χ0n) is 14.1. The predicted octanol–water partition coefficient (Wildman–Crippen LogP) is 5.17. The van der Waals surface area contributed by atoms with Crippen molar-refractivity contribution in [3.05, 3.63) is 70.8 Å². The molecule has 0 spiro atoms. The molecule has 1 aliphatic heterocycles. The summed E-state index contributed by atoms with van der Waals surface area (Å²) in [7, 11) is 0.